The van der Waals surface area contributed by atoms with Gasteiger partial charge in [-0.15, -0.1) is 0 Å². The molecule has 0 bridgehead atoms. The number of halogens is 1. The molecule has 1 aliphatic carbocycles. The number of aromatic nitrogens is 1. The first-order valence-corrected chi connectivity index (χ1v) is 10.5. The number of allylic oxidation sites excluding steroid dienone is 1. The Hall–Kier alpha value is -2.74. The normalized spacial score (nSPS) is 13.2. The number of aryl methyl sites for hydroxylation is 1. The number of fused-ring (bicyclic) bond motifs is 3. The lowest BCUT2D eigenvalue weighted by Crippen LogP contribution is -2.13. The first kappa shape index (κ1) is 19.6. The van der Waals surface area contributed by atoms with Crippen LogP contribution in [0.15, 0.2) is 54.6 Å². The molecule has 0 saturated carbocycles. The van der Waals surface area contributed by atoms with Gasteiger partial charge in [-0.1, -0.05) is 64.1 Å². The van der Waals surface area contributed by atoms with Gasteiger partial charge in [0.15, 0.2) is 0 Å². The maximum absolute atomic E-state index is 13.6. The van der Waals surface area contributed by atoms with Gasteiger partial charge in [-0.05, 0) is 65.6 Å². The van der Waals surface area contributed by atoms with Gasteiger partial charge in [0.05, 0.1) is 11.4 Å². The predicted molar refractivity (Wildman–Crippen MR) is 120 cm³/mol. The van der Waals surface area contributed by atoms with Crippen LogP contribution in [0.4, 0.5) is 4.39 Å². The minimum Gasteiger partial charge on any atom is -0.247 e. The summed E-state index contributed by atoms with van der Waals surface area (Å²) in [7, 11) is 0. The number of hydrogen-bond acceptors (Lipinski definition) is 1. The van der Waals surface area contributed by atoms with E-state index in [0.717, 1.165) is 29.8 Å². The van der Waals surface area contributed by atoms with Crippen LogP contribution >= 0.6 is 0 Å². The molecule has 0 saturated heterocycles. The van der Waals surface area contributed by atoms with E-state index in [4.69, 9.17) is 4.98 Å². The topological polar surface area (TPSA) is 12.9 Å². The number of nitrogens with zero attached hydrogens (tertiary/aromatic N) is 1. The van der Waals surface area contributed by atoms with Crippen LogP contribution < -0.4 is 0 Å². The second kappa shape index (κ2) is 7.94. The molecule has 2 heteroatoms. The Kier molecular flexibility index (Phi) is 5.36. The molecular weight excluding hydrogens is 357 g/mol. The Balaban J connectivity index is 2.05. The maximum atomic E-state index is 13.6. The summed E-state index contributed by atoms with van der Waals surface area (Å²) in [5.41, 5.74) is 9.52. The Morgan fingerprint density at radius 1 is 0.897 bits per heavy atom. The third-order valence-electron chi connectivity index (χ3n) is 5.64. The Labute approximate surface area is 173 Å². The summed E-state index contributed by atoms with van der Waals surface area (Å²) >= 11 is 0. The molecule has 0 atom stereocenters. The lowest BCUT2D eigenvalue weighted by molar-refractivity contribution is 0.628. The largest absolute Gasteiger partial charge is 0.247 e. The van der Waals surface area contributed by atoms with Crippen LogP contribution in [0.3, 0.4) is 0 Å². The van der Waals surface area contributed by atoms with Gasteiger partial charge in [-0.25, -0.2) is 9.37 Å². The van der Waals surface area contributed by atoms with Crippen LogP contribution in [0.1, 0.15) is 55.9 Å². The molecule has 1 heterocycles. The second-order valence-electron chi connectivity index (χ2n) is 8.54. The lowest BCUT2D eigenvalue weighted by atomic mass is 9.80. The fraction of sp³-hybridized carbons (Fsp3) is 0.296. The van der Waals surface area contributed by atoms with Gasteiger partial charge in [-0.3, -0.25) is 0 Å². The zero-order valence-corrected chi connectivity index (χ0v) is 17.7. The summed E-state index contributed by atoms with van der Waals surface area (Å²) in [5, 5.41) is 0. The highest BCUT2D eigenvalue weighted by atomic mass is 19.1. The predicted octanol–water partition coefficient (Wildman–Crippen LogP) is 7.45. The Morgan fingerprint density at radius 2 is 1.62 bits per heavy atom. The van der Waals surface area contributed by atoms with Crippen molar-refractivity contribution in [1.29, 1.82) is 0 Å². The molecule has 1 aliphatic rings. The highest BCUT2D eigenvalue weighted by molar-refractivity contribution is 5.82. The van der Waals surface area contributed by atoms with Crippen molar-refractivity contribution < 1.29 is 4.39 Å². The van der Waals surface area contributed by atoms with Gasteiger partial charge in [0.2, 0.25) is 0 Å². The van der Waals surface area contributed by atoms with Crippen molar-refractivity contribution in [2.24, 2.45) is 5.92 Å². The van der Waals surface area contributed by atoms with E-state index in [0.29, 0.717) is 11.8 Å². The fourth-order valence-corrected chi connectivity index (χ4v) is 4.31. The summed E-state index contributed by atoms with van der Waals surface area (Å²) in [6, 6.07) is 15.3. The standard InChI is InChI=1S/C27H28FN/c1-17(2)9-15-23-25(18(3)4)24-16-12-19-7-5-6-8-22(19)27(24)29-26(23)20-10-13-21(28)14-11-20/h5-11,13-15,17-18H,12,16H2,1-4H3/b15-9+. The van der Waals surface area contributed by atoms with Gasteiger partial charge in [0.1, 0.15) is 5.82 Å². The van der Waals surface area contributed by atoms with Crippen LogP contribution in [0.2, 0.25) is 0 Å². The smallest absolute Gasteiger partial charge is 0.123 e. The van der Waals surface area contributed by atoms with E-state index in [2.05, 4.69) is 64.1 Å². The third-order valence-corrected chi connectivity index (χ3v) is 5.64. The van der Waals surface area contributed by atoms with Crippen molar-refractivity contribution in [3.05, 3.63) is 82.7 Å². The van der Waals surface area contributed by atoms with Crippen molar-refractivity contribution in [2.45, 2.75) is 46.5 Å². The maximum Gasteiger partial charge on any atom is 0.123 e. The molecule has 0 radical (unpaired) electrons. The molecule has 3 aromatic rings. The minimum absolute atomic E-state index is 0.222. The van der Waals surface area contributed by atoms with Crippen LogP contribution in [0, 0.1) is 11.7 Å². The first-order valence-electron chi connectivity index (χ1n) is 10.5. The van der Waals surface area contributed by atoms with E-state index in [9.17, 15) is 4.39 Å². The van der Waals surface area contributed by atoms with Crippen molar-refractivity contribution in [3.8, 4) is 22.5 Å². The van der Waals surface area contributed by atoms with E-state index < -0.39 is 0 Å². The zero-order valence-electron chi connectivity index (χ0n) is 17.7. The van der Waals surface area contributed by atoms with Gasteiger partial charge >= 0.3 is 0 Å². The van der Waals surface area contributed by atoms with Gasteiger partial charge in [0.25, 0.3) is 0 Å². The number of pyridine rings is 1. The molecule has 0 aliphatic heterocycles. The third kappa shape index (κ3) is 3.76. The molecule has 4 rings (SSSR count). The molecule has 1 nitrogen and oxygen atoms in total. The molecule has 29 heavy (non-hydrogen) atoms. The second-order valence-corrected chi connectivity index (χ2v) is 8.54. The summed E-state index contributed by atoms with van der Waals surface area (Å²) in [5.74, 6) is 0.608. The average molecular weight is 386 g/mol. The summed E-state index contributed by atoms with van der Waals surface area (Å²) < 4.78 is 13.6. The number of rotatable bonds is 4. The number of benzene rings is 2. The first-order chi connectivity index (χ1) is 14.0. The molecule has 0 spiro atoms. The molecule has 1 aromatic heterocycles. The van der Waals surface area contributed by atoms with Gasteiger partial charge in [-0.2, -0.15) is 0 Å². The molecule has 0 fully saturated rings. The van der Waals surface area contributed by atoms with E-state index in [-0.39, 0.29) is 5.82 Å². The van der Waals surface area contributed by atoms with Crippen molar-refractivity contribution in [1.82, 2.24) is 4.98 Å². The van der Waals surface area contributed by atoms with Crippen LogP contribution in [-0.4, -0.2) is 4.98 Å². The molecule has 148 valence electrons. The SMILES string of the molecule is CC(C)/C=C/c1c(-c2ccc(F)cc2)nc2c(c1C(C)C)CCc1ccccc1-2. The molecule has 0 unspecified atom stereocenters. The highest BCUT2D eigenvalue weighted by Gasteiger charge is 2.25. The molecule has 0 amide bonds. The summed E-state index contributed by atoms with van der Waals surface area (Å²) in [6.45, 7) is 8.89. The van der Waals surface area contributed by atoms with E-state index in [1.165, 1.54) is 39.9 Å². The summed E-state index contributed by atoms with van der Waals surface area (Å²) in [4.78, 5) is 5.20. The van der Waals surface area contributed by atoms with Gasteiger partial charge < -0.3 is 0 Å². The number of hydrogen-bond donors (Lipinski definition) is 0. The molecule has 2 aromatic carbocycles. The van der Waals surface area contributed by atoms with Crippen molar-refractivity contribution in [2.75, 3.05) is 0 Å². The quantitative estimate of drug-likeness (QED) is 0.454. The highest BCUT2D eigenvalue weighted by Crippen LogP contribution is 2.41. The minimum atomic E-state index is -0.222. The summed E-state index contributed by atoms with van der Waals surface area (Å²) in [6.07, 6.45) is 6.53. The van der Waals surface area contributed by atoms with E-state index in [1.807, 2.05) is 12.1 Å². The van der Waals surface area contributed by atoms with Gasteiger partial charge in [0, 0.05) is 16.7 Å². The fourth-order valence-electron chi connectivity index (χ4n) is 4.31. The van der Waals surface area contributed by atoms with E-state index in [1.54, 1.807) is 0 Å². The molecule has 0 N–H and O–H groups in total. The average Bonchev–Trinajstić information content (AvgIpc) is 2.71. The zero-order chi connectivity index (χ0) is 20.5. The monoisotopic (exact) mass is 385 g/mol. The Morgan fingerprint density at radius 3 is 2.31 bits per heavy atom. The molecular formula is C27H28FN. The van der Waals surface area contributed by atoms with Crippen LogP contribution in [-0.2, 0) is 12.8 Å². The van der Waals surface area contributed by atoms with Crippen LogP contribution in [0.25, 0.3) is 28.6 Å². The van der Waals surface area contributed by atoms with E-state index >= 15 is 0 Å². The van der Waals surface area contributed by atoms with Crippen molar-refractivity contribution in [3.63, 3.8) is 0 Å². The Bertz CT molecular complexity index is 1060. The van der Waals surface area contributed by atoms with Crippen LogP contribution in [0.5, 0.6) is 0 Å². The van der Waals surface area contributed by atoms with Crippen molar-refractivity contribution >= 4 is 6.08 Å². The lowest BCUT2D eigenvalue weighted by Gasteiger charge is -2.27.